The average Bonchev–Trinajstić information content (AvgIpc) is 3.36. The number of hydrogen-bond acceptors (Lipinski definition) is 2. The van der Waals surface area contributed by atoms with Gasteiger partial charge in [0.25, 0.3) is 0 Å². The molecule has 134 valence electrons. The van der Waals surface area contributed by atoms with Gasteiger partial charge in [-0.2, -0.15) is 13.2 Å². The van der Waals surface area contributed by atoms with Gasteiger partial charge < -0.3 is 10.5 Å². The van der Waals surface area contributed by atoms with Crippen molar-refractivity contribution in [2.45, 2.75) is 24.6 Å². The van der Waals surface area contributed by atoms with Crippen LogP contribution in [0.3, 0.4) is 0 Å². The van der Waals surface area contributed by atoms with Crippen LogP contribution in [-0.2, 0) is 6.18 Å². The molecule has 1 aliphatic rings. The lowest BCUT2D eigenvalue weighted by Crippen LogP contribution is -2.04. The Morgan fingerprint density at radius 3 is 2.42 bits per heavy atom. The van der Waals surface area contributed by atoms with Crippen molar-refractivity contribution in [3.05, 3.63) is 65.7 Å². The Hall–Kier alpha value is -2.53. The van der Waals surface area contributed by atoms with E-state index in [1.807, 2.05) is 30.3 Å². The summed E-state index contributed by atoms with van der Waals surface area (Å²) >= 11 is 0. The molecule has 0 aliphatic heterocycles. The van der Waals surface area contributed by atoms with Crippen molar-refractivity contribution in [3.63, 3.8) is 0 Å². The third kappa shape index (κ3) is 3.03. The van der Waals surface area contributed by atoms with Gasteiger partial charge in [0, 0.05) is 12.0 Å². The molecule has 5 heteroatoms. The lowest BCUT2D eigenvalue weighted by Gasteiger charge is -2.13. The lowest BCUT2D eigenvalue weighted by molar-refractivity contribution is -0.137. The molecule has 4 rings (SSSR count). The highest BCUT2D eigenvalue weighted by Crippen LogP contribution is 2.45. The molecular weight excluding hydrogens is 339 g/mol. The standard InChI is InChI=1S/C21H18F3NO/c1-26-16-6-5-13-7-14(9-18(17(13)10-16)19-11-20(19)25)12-3-2-4-15(8-12)21(22,23)24/h2-10,19-20H,11,25H2,1H3/t19-,20+/m0/s1. The van der Waals surface area contributed by atoms with E-state index in [1.165, 1.54) is 12.1 Å². The number of alkyl halides is 3. The van der Waals surface area contributed by atoms with E-state index in [0.717, 1.165) is 40.1 Å². The smallest absolute Gasteiger partial charge is 0.416 e. The molecule has 26 heavy (non-hydrogen) atoms. The summed E-state index contributed by atoms with van der Waals surface area (Å²) in [7, 11) is 1.61. The van der Waals surface area contributed by atoms with Crippen molar-refractivity contribution in [1.29, 1.82) is 0 Å². The van der Waals surface area contributed by atoms with Crippen molar-refractivity contribution < 1.29 is 17.9 Å². The second-order valence-electron chi connectivity index (χ2n) is 6.74. The molecule has 2 N–H and O–H groups in total. The molecule has 0 unspecified atom stereocenters. The minimum Gasteiger partial charge on any atom is -0.497 e. The van der Waals surface area contributed by atoms with E-state index in [9.17, 15) is 13.2 Å². The quantitative estimate of drug-likeness (QED) is 0.686. The molecular formula is C21H18F3NO. The SMILES string of the molecule is COc1ccc2cc(-c3cccc(C(F)(F)F)c3)cc([C@@H]3C[C@H]3N)c2c1. The van der Waals surface area contributed by atoms with Crippen molar-refractivity contribution in [2.75, 3.05) is 7.11 Å². The predicted molar refractivity (Wildman–Crippen MR) is 96.3 cm³/mol. The minimum absolute atomic E-state index is 0.0983. The Morgan fingerprint density at radius 1 is 1.00 bits per heavy atom. The number of methoxy groups -OCH3 is 1. The summed E-state index contributed by atoms with van der Waals surface area (Å²) in [6.45, 7) is 0. The number of ether oxygens (including phenoxy) is 1. The fourth-order valence-corrected chi connectivity index (χ4v) is 3.41. The maximum Gasteiger partial charge on any atom is 0.416 e. The van der Waals surface area contributed by atoms with Crippen molar-refractivity contribution in [2.24, 2.45) is 5.73 Å². The van der Waals surface area contributed by atoms with Crippen LogP contribution >= 0.6 is 0 Å². The zero-order valence-corrected chi connectivity index (χ0v) is 14.2. The number of nitrogens with two attached hydrogens (primary N) is 1. The molecule has 2 atom stereocenters. The van der Waals surface area contributed by atoms with Crippen LogP contribution in [0.2, 0.25) is 0 Å². The molecule has 0 aromatic heterocycles. The number of rotatable bonds is 3. The summed E-state index contributed by atoms with van der Waals surface area (Å²) in [6, 6.07) is 15.2. The predicted octanol–water partition coefficient (Wildman–Crippen LogP) is 5.35. The number of benzene rings is 3. The summed E-state index contributed by atoms with van der Waals surface area (Å²) in [5, 5.41) is 2.01. The van der Waals surface area contributed by atoms with Gasteiger partial charge in [-0.3, -0.25) is 0 Å². The molecule has 0 spiro atoms. The zero-order valence-electron chi connectivity index (χ0n) is 14.2. The first-order valence-corrected chi connectivity index (χ1v) is 8.42. The van der Waals surface area contributed by atoms with Crippen LogP contribution in [0.25, 0.3) is 21.9 Å². The number of halogens is 3. The maximum atomic E-state index is 13.1. The van der Waals surface area contributed by atoms with Gasteiger partial charge in [-0.1, -0.05) is 24.3 Å². The van der Waals surface area contributed by atoms with Gasteiger partial charge >= 0.3 is 6.18 Å². The summed E-state index contributed by atoms with van der Waals surface area (Å²) < 4.78 is 44.5. The Morgan fingerprint density at radius 2 is 1.77 bits per heavy atom. The molecule has 3 aromatic rings. The number of fused-ring (bicyclic) bond motifs is 1. The molecule has 1 aliphatic carbocycles. The van der Waals surface area contributed by atoms with Crippen LogP contribution in [0.1, 0.15) is 23.5 Å². The fraction of sp³-hybridized carbons (Fsp3) is 0.238. The Balaban J connectivity index is 1.89. The van der Waals surface area contributed by atoms with E-state index in [2.05, 4.69) is 0 Å². The van der Waals surface area contributed by atoms with Gasteiger partial charge in [0.15, 0.2) is 0 Å². The van der Waals surface area contributed by atoms with Gasteiger partial charge in [0.2, 0.25) is 0 Å². The van der Waals surface area contributed by atoms with E-state index < -0.39 is 11.7 Å². The molecule has 0 amide bonds. The van der Waals surface area contributed by atoms with Gasteiger partial charge in [0.1, 0.15) is 5.75 Å². The Bertz CT molecular complexity index is 981. The van der Waals surface area contributed by atoms with Crippen LogP contribution < -0.4 is 10.5 Å². The average molecular weight is 357 g/mol. The molecule has 0 bridgehead atoms. The zero-order chi connectivity index (χ0) is 18.5. The normalized spacial score (nSPS) is 19.6. The highest BCUT2D eigenvalue weighted by molar-refractivity contribution is 5.92. The van der Waals surface area contributed by atoms with Gasteiger partial charge in [-0.15, -0.1) is 0 Å². The first kappa shape index (κ1) is 16.9. The van der Waals surface area contributed by atoms with E-state index in [4.69, 9.17) is 10.5 Å². The fourth-order valence-electron chi connectivity index (χ4n) is 3.41. The van der Waals surface area contributed by atoms with Crippen LogP contribution in [0.5, 0.6) is 5.75 Å². The van der Waals surface area contributed by atoms with Gasteiger partial charge in [0.05, 0.1) is 12.7 Å². The molecule has 1 fully saturated rings. The summed E-state index contributed by atoms with van der Waals surface area (Å²) in [4.78, 5) is 0. The topological polar surface area (TPSA) is 35.2 Å². The molecule has 2 nitrogen and oxygen atoms in total. The number of hydrogen-bond donors (Lipinski definition) is 1. The van der Waals surface area contributed by atoms with E-state index >= 15 is 0 Å². The summed E-state index contributed by atoms with van der Waals surface area (Å²) in [6.07, 6.45) is -3.47. The van der Waals surface area contributed by atoms with E-state index in [1.54, 1.807) is 13.2 Å². The van der Waals surface area contributed by atoms with Crippen molar-refractivity contribution in [3.8, 4) is 16.9 Å². The molecule has 0 radical (unpaired) electrons. The molecule has 1 saturated carbocycles. The largest absolute Gasteiger partial charge is 0.497 e. The van der Waals surface area contributed by atoms with Crippen LogP contribution in [-0.4, -0.2) is 13.2 Å². The van der Waals surface area contributed by atoms with Crippen LogP contribution in [0, 0.1) is 0 Å². The lowest BCUT2D eigenvalue weighted by atomic mass is 9.93. The highest BCUT2D eigenvalue weighted by atomic mass is 19.4. The van der Waals surface area contributed by atoms with E-state index in [0.29, 0.717) is 5.56 Å². The second kappa shape index (κ2) is 6.02. The Kier molecular flexibility index (Phi) is 3.92. The summed E-state index contributed by atoms with van der Waals surface area (Å²) in [5.41, 5.74) is 7.79. The first-order valence-electron chi connectivity index (χ1n) is 8.42. The van der Waals surface area contributed by atoms with Gasteiger partial charge in [-0.05, 0) is 64.2 Å². The van der Waals surface area contributed by atoms with Gasteiger partial charge in [-0.25, -0.2) is 0 Å². The molecule has 0 heterocycles. The maximum absolute atomic E-state index is 13.1. The Labute approximate surface area is 149 Å². The summed E-state index contributed by atoms with van der Waals surface area (Å²) in [5.74, 6) is 0.982. The molecule has 3 aromatic carbocycles. The third-order valence-corrected chi connectivity index (χ3v) is 4.96. The second-order valence-corrected chi connectivity index (χ2v) is 6.74. The third-order valence-electron chi connectivity index (χ3n) is 4.96. The van der Waals surface area contributed by atoms with Crippen LogP contribution in [0.15, 0.2) is 54.6 Å². The monoisotopic (exact) mass is 357 g/mol. The minimum atomic E-state index is -4.36. The van der Waals surface area contributed by atoms with Crippen molar-refractivity contribution >= 4 is 10.8 Å². The molecule has 0 saturated heterocycles. The van der Waals surface area contributed by atoms with E-state index in [-0.39, 0.29) is 12.0 Å². The van der Waals surface area contributed by atoms with Crippen LogP contribution in [0.4, 0.5) is 13.2 Å². The first-order chi connectivity index (χ1) is 12.4. The highest BCUT2D eigenvalue weighted by Gasteiger charge is 2.36. The van der Waals surface area contributed by atoms with Crippen molar-refractivity contribution in [1.82, 2.24) is 0 Å².